The molecule has 208 valence electrons. The van der Waals surface area contributed by atoms with Crippen LogP contribution >= 0.6 is 0 Å². The molecular weight excluding hydrogens is 536 g/mol. The summed E-state index contributed by atoms with van der Waals surface area (Å²) in [5, 5.41) is 4.77. The molecule has 1 atom stereocenters. The van der Waals surface area contributed by atoms with Crippen LogP contribution in [0.25, 0.3) is 60.8 Å². The van der Waals surface area contributed by atoms with Gasteiger partial charge in [-0.2, -0.15) is 0 Å². The lowest BCUT2D eigenvalue weighted by Gasteiger charge is -2.21. The zero-order valence-electron chi connectivity index (χ0n) is 24.0. The van der Waals surface area contributed by atoms with Gasteiger partial charge in [0.2, 0.25) is 0 Å². The Kier molecular flexibility index (Phi) is 6.58. The van der Waals surface area contributed by atoms with E-state index in [1.165, 1.54) is 43.8 Å². The van der Waals surface area contributed by atoms with Crippen LogP contribution < -0.4 is 0 Å². The highest BCUT2D eigenvalue weighted by molar-refractivity contribution is 6.26. The molecule has 0 amide bonds. The van der Waals surface area contributed by atoms with E-state index in [2.05, 4.69) is 107 Å². The van der Waals surface area contributed by atoms with Gasteiger partial charge in [-0.3, -0.25) is 19.9 Å². The first kappa shape index (κ1) is 25.9. The molecule has 0 saturated heterocycles. The topological polar surface area (TPSA) is 51.0 Å². The number of hydrogen-bond acceptors (Lipinski definition) is 4. The maximum atomic E-state index is 4.98. The normalized spacial score (nSPS) is 14.5. The van der Waals surface area contributed by atoms with Crippen molar-refractivity contribution < 1.29 is 0 Å². The standard InChI is InChI=1S/C40H28N4/c1-2-10-27(11-3-1)28-16-19-33-34(24-28)40(30-18-21-38(44-26-30)36-15-7-9-23-42-36)32-13-5-4-12-31(32)39(33)29-17-20-37(43-25-29)35-14-6-8-22-41-35/h1-19,21-26,37H,20H2. The number of aromatic nitrogens is 3. The minimum Gasteiger partial charge on any atom is -0.283 e. The zero-order chi connectivity index (χ0) is 29.3. The van der Waals surface area contributed by atoms with Gasteiger partial charge in [0.15, 0.2) is 0 Å². The number of pyridine rings is 3. The molecule has 0 N–H and O–H groups in total. The lowest BCUT2D eigenvalue weighted by molar-refractivity contribution is 0.715. The fourth-order valence-electron chi connectivity index (χ4n) is 6.28. The summed E-state index contributed by atoms with van der Waals surface area (Å²) in [5.74, 6) is 0. The quantitative estimate of drug-likeness (QED) is 0.196. The van der Waals surface area contributed by atoms with Crippen molar-refractivity contribution in [3.63, 3.8) is 0 Å². The van der Waals surface area contributed by atoms with E-state index < -0.39 is 0 Å². The SMILES string of the molecule is C1=NC(c2ccccn2)CC=C1c1c2ccccc2c(-c2ccc(-c3ccccn3)nc2)c2cc(-c3ccccc3)ccc12. The van der Waals surface area contributed by atoms with Gasteiger partial charge in [0.05, 0.1) is 23.1 Å². The van der Waals surface area contributed by atoms with E-state index >= 15 is 0 Å². The second kappa shape index (κ2) is 11.2. The average molecular weight is 565 g/mol. The number of nitrogens with zero attached hydrogens (tertiary/aromatic N) is 4. The van der Waals surface area contributed by atoms with Gasteiger partial charge in [0, 0.05) is 30.4 Å². The van der Waals surface area contributed by atoms with E-state index in [-0.39, 0.29) is 6.04 Å². The number of benzene rings is 4. The summed E-state index contributed by atoms with van der Waals surface area (Å²) in [6.45, 7) is 0. The average Bonchev–Trinajstić information content (AvgIpc) is 3.12. The zero-order valence-corrected chi connectivity index (χ0v) is 24.0. The maximum Gasteiger partial charge on any atom is 0.0954 e. The van der Waals surface area contributed by atoms with E-state index in [1.54, 1.807) is 6.20 Å². The summed E-state index contributed by atoms with van der Waals surface area (Å²) in [7, 11) is 0. The Labute approximate surface area is 256 Å². The first-order valence-corrected chi connectivity index (χ1v) is 14.9. The lowest BCUT2D eigenvalue weighted by Crippen LogP contribution is -2.04. The number of aliphatic imine (C=N–C) groups is 1. The molecule has 0 saturated carbocycles. The number of dihydropyridines is 1. The van der Waals surface area contributed by atoms with Crippen molar-refractivity contribution in [2.75, 3.05) is 0 Å². The molecule has 0 radical (unpaired) electrons. The van der Waals surface area contributed by atoms with Crippen LogP contribution in [0.3, 0.4) is 0 Å². The molecule has 0 spiro atoms. The summed E-state index contributed by atoms with van der Waals surface area (Å²) in [6, 6.07) is 42.3. The highest BCUT2D eigenvalue weighted by Gasteiger charge is 2.21. The van der Waals surface area contributed by atoms with Crippen molar-refractivity contribution >= 4 is 33.3 Å². The lowest BCUT2D eigenvalue weighted by atomic mass is 9.84. The Balaban J connectivity index is 1.34. The summed E-state index contributed by atoms with van der Waals surface area (Å²) in [4.78, 5) is 18.9. The Morgan fingerprint density at radius 2 is 1.20 bits per heavy atom. The smallest absolute Gasteiger partial charge is 0.0954 e. The molecule has 4 heterocycles. The molecule has 4 nitrogen and oxygen atoms in total. The predicted molar refractivity (Wildman–Crippen MR) is 181 cm³/mol. The first-order chi connectivity index (χ1) is 21.8. The molecule has 8 rings (SSSR count). The van der Waals surface area contributed by atoms with Crippen molar-refractivity contribution in [2.24, 2.45) is 4.99 Å². The highest BCUT2D eigenvalue weighted by atomic mass is 14.8. The van der Waals surface area contributed by atoms with Crippen LogP contribution in [0.4, 0.5) is 0 Å². The van der Waals surface area contributed by atoms with E-state index in [4.69, 9.17) is 9.98 Å². The van der Waals surface area contributed by atoms with Crippen LogP contribution in [0.5, 0.6) is 0 Å². The predicted octanol–water partition coefficient (Wildman–Crippen LogP) is 9.78. The molecule has 3 aromatic heterocycles. The second-order valence-corrected chi connectivity index (χ2v) is 11.0. The molecule has 1 unspecified atom stereocenters. The van der Waals surface area contributed by atoms with Crippen LogP contribution in [0.1, 0.15) is 23.7 Å². The number of allylic oxidation sites excluding steroid dienone is 1. The van der Waals surface area contributed by atoms with E-state index in [9.17, 15) is 0 Å². The molecule has 1 aliphatic heterocycles. The number of fused-ring (bicyclic) bond motifs is 2. The molecule has 0 bridgehead atoms. The fourth-order valence-corrected chi connectivity index (χ4v) is 6.28. The van der Waals surface area contributed by atoms with Crippen molar-refractivity contribution in [1.82, 2.24) is 15.0 Å². The van der Waals surface area contributed by atoms with E-state index in [1.807, 2.05) is 48.9 Å². The molecule has 4 aromatic carbocycles. The van der Waals surface area contributed by atoms with Gasteiger partial charge in [-0.15, -0.1) is 0 Å². The summed E-state index contributed by atoms with van der Waals surface area (Å²) in [6.07, 6.45) is 10.8. The van der Waals surface area contributed by atoms with Gasteiger partial charge in [0.1, 0.15) is 0 Å². The fraction of sp³-hybridized carbons (Fsp3) is 0.0500. The van der Waals surface area contributed by atoms with Crippen molar-refractivity contribution in [3.8, 4) is 33.6 Å². The van der Waals surface area contributed by atoms with Crippen LogP contribution in [0.15, 0.2) is 151 Å². The second-order valence-electron chi connectivity index (χ2n) is 11.0. The van der Waals surface area contributed by atoms with Gasteiger partial charge in [-0.1, -0.05) is 91.0 Å². The van der Waals surface area contributed by atoms with Crippen LogP contribution in [-0.2, 0) is 0 Å². The van der Waals surface area contributed by atoms with Gasteiger partial charge < -0.3 is 0 Å². The van der Waals surface area contributed by atoms with E-state index in [0.717, 1.165) is 34.6 Å². The van der Waals surface area contributed by atoms with Crippen LogP contribution in [-0.4, -0.2) is 21.2 Å². The minimum absolute atomic E-state index is 0.0325. The molecular formula is C40H28N4. The maximum absolute atomic E-state index is 4.98. The Morgan fingerprint density at radius 1 is 0.500 bits per heavy atom. The van der Waals surface area contributed by atoms with Crippen LogP contribution in [0, 0.1) is 0 Å². The monoisotopic (exact) mass is 564 g/mol. The third-order valence-corrected chi connectivity index (χ3v) is 8.38. The molecule has 0 fully saturated rings. The number of rotatable bonds is 5. The van der Waals surface area contributed by atoms with Crippen molar-refractivity contribution in [2.45, 2.75) is 12.5 Å². The van der Waals surface area contributed by atoms with Crippen molar-refractivity contribution in [3.05, 3.63) is 157 Å². The molecule has 4 heteroatoms. The van der Waals surface area contributed by atoms with Crippen LogP contribution in [0.2, 0.25) is 0 Å². The Hall–Kier alpha value is -5.74. The first-order valence-electron chi connectivity index (χ1n) is 14.9. The summed E-state index contributed by atoms with van der Waals surface area (Å²) in [5.41, 5.74) is 9.69. The van der Waals surface area contributed by atoms with Gasteiger partial charge in [-0.25, -0.2) is 0 Å². The van der Waals surface area contributed by atoms with E-state index in [0.29, 0.717) is 0 Å². The Morgan fingerprint density at radius 3 is 1.91 bits per heavy atom. The third-order valence-electron chi connectivity index (χ3n) is 8.38. The minimum atomic E-state index is 0.0325. The highest BCUT2D eigenvalue weighted by Crippen LogP contribution is 2.44. The largest absolute Gasteiger partial charge is 0.283 e. The molecule has 7 aromatic rings. The third kappa shape index (κ3) is 4.67. The Bertz CT molecular complexity index is 2170. The molecule has 1 aliphatic rings. The number of hydrogen-bond donors (Lipinski definition) is 0. The molecule has 0 aliphatic carbocycles. The van der Waals surface area contributed by atoms with Gasteiger partial charge in [0.25, 0.3) is 0 Å². The summed E-state index contributed by atoms with van der Waals surface area (Å²) < 4.78 is 0. The summed E-state index contributed by atoms with van der Waals surface area (Å²) >= 11 is 0. The van der Waals surface area contributed by atoms with Gasteiger partial charge >= 0.3 is 0 Å². The van der Waals surface area contributed by atoms with Gasteiger partial charge in [-0.05, 0) is 92.2 Å². The molecule has 44 heavy (non-hydrogen) atoms. The van der Waals surface area contributed by atoms with Crippen molar-refractivity contribution in [1.29, 1.82) is 0 Å².